The van der Waals surface area contributed by atoms with E-state index in [1.54, 1.807) is 0 Å². The van der Waals surface area contributed by atoms with E-state index >= 15 is 0 Å². The van der Waals surface area contributed by atoms with Crippen LogP contribution in [0.4, 0.5) is 0 Å². The van der Waals surface area contributed by atoms with Gasteiger partial charge >= 0.3 is 0 Å². The van der Waals surface area contributed by atoms with Crippen LogP contribution in [0.15, 0.2) is 46.6 Å². The topological polar surface area (TPSA) is 38.3 Å². The summed E-state index contributed by atoms with van der Waals surface area (Å²) >= 11 is 6.18. The van der Waals surface area contributed by atoms with E-state index in [2.05, 4.69) is 11.4 Å². The molecule has 19 heavy (non-hydrogen) atoms. The number of carbonyl (C=O) groups is 1. The minimum atomic E-state index is -0.354. The predicted molar refractivity (Wildman–Crippen MR) is 74.7 cm³/mol. The Balaban J connectivity index is 2.17. The smallest absolute Gasteiger partial charge is 0.228 e. The number of nitrogens with one attached hydrogen (secondary N) is 1. The average Bonchev–Trinajstić information content (AvgIpc) is 2.31. The van der Waals surface area contributed by atoms with Crippen molar-refractivity contribution in [2.75, 3.05) is 13.2 Å². The Labute approximate surface area is 117 Å². The minimum Gasteiger partial charge on any atom is -0.376 e. The molecule has 2 aliphatic heterocycles. The number of amides is 1. The van der Waals surface area contributed by atoms with Crippen molar-refractivity contribution in [1.29, 1.82) is 0 Å². The Hall–Kier alpha value is -1.32. The summed E-state index contributed by atoms with van der Waals surface area (Å²) in [5, 5.41) is 3.78. The normalized spacial score (nSPS) is 34.3. The molecule has 0 aromatic carbocycles. The molecule has 0 radical (unpaired) electrons. The van der Waals surface area contributed by atoms with E-state index in [1.165, 1.54) is 0 Å². The van der Waals surface area contributed by atoms with Crippen molar-refractivity contribution in [3.8, 4) is 0 Å². The molecule has 2 heterocycles. The van der Waals surface area contributed by atoms with E-state index in [-0.39, 0.29) is 17.4 Å². The van der Waals surface area contributed by atoms with Crippen LogP contribution in [0.5, 0.6) is 0 Å². The van der Waals surface area contributed by atoms with E-state index < -0.39 is 0 Å². The lowest BCUT2D eigenvalue weighted by Gasteiger charge is -2.48. The van der Waals surface area contributed by atoms with Crippen LogP contribution in [0.25, 0.3) is 0 Å². The maximum absolute atomic E-state index is 12.3. The van der Waals surface area contributed by atoms with Crippen LogP contribution >= 0.6 is 11.6 Å². The monoisotopic (exact) mass is 277 g/mol. The van der Waals surface area contributed by atoms with Crippen molar-refractivity contribution in [1.82, 2.24) is 5.32 Å². The number of fused-ring (bicyclic) bond motifs is 1. The highest BCUT2D eigenvalue weighted by molar-refractivity contribution is 6.31. The molecular formula is C15H16ClNO2. The molecule has 1 aliphatic carbocycles. The van der Waals surface area contributed by atoms with E-state index in [1.807, 2.05) is 31.2 Å². The van der Waals surface area contributed by atoms with Gasteiger partial charge in [0, 0.05) is 5.03 Å². The Bertz CT molecular complexity index is 538. The molecule has 1 fully saturated rings. The van der Waals surface area contributed by atoms with E-state index in [4.69, 9.17) is 16.3 Å². The van der Waals surface area contributed by atoms with Gasteiger partial charge in [-0.25, -0.2) is 0 Å². The zero-order valence-corrected chi connectivity index (χ0v) is 11.5. The third-order valence-electron chi connectivity index (χ3n) is 3.91. The van der Waals surface area contributed by atoms with Gasteiger partial charge in [0.2, 0.25) is 5.91 Å². The van der Waals surface area contributed by atoms with Crippen LogP contribution in [-0.2, 0) is 9.53 Å². The lowest BCUT2D eigenvalue weighted by Crippen LogP contribution is -2.66. The first-order chi connectivity index (χ1) is 9.16. The second-order valence-corrected chi connectivity index (χ2v) is 5.58. The molecule has 1 N–H and O–H groups in total. The van der Waals surface area contributed by atoms with Crippen LogP contribution < -0.4 is 5.32 Å². The molecule has 0 saturated carbocycles. The maximum atomic E-state index is 12.3. The fourth-order valence-corrected chi connectivity index (χ4v) is 3.05. The highest BCUT2D eigenvalue weighted by Crippen LogP contribution is 2.39. The molecule has 3 aliphatic rings. The molecule has 0 bridgehead atoms. The summed E-state index contributed by atoms with van der Waals surface area (Å²) in [4.78, 5) is 12.3. The Morgan fingerprint density at radius 2 is 2.16 bits per heavy atom. The second-order valence-electron chi connectivity index (χ2n) is 5.14. The summed E-state index contributed by atoms with van der Waals surface area (Å²) in [7, 11) is 0. The van der Waals surface area contributed by atoms with Gasteiger partial charge in [-0.3, -0.25) is 4.79 Å². The van der Waals surface area contributed by atoms with Gasteiger partial charge in [0.25, 0.3) is 0 Å². The summed E-state index contributed by atoms with van der Waals surface area (Å²) in [6, 6.07) is 0. The summed E-state index contributed by atoms with van der Waals surface area (Å²) in [6.45, 7) is 3.09. The largest absolute Gasteiger partial charge is 0.376 e. The van der Waals surface area contributed by atoms with Crippen LogP contribution in [0.1, 0.15) is 13.3 Å². The quantitative estimate of drug-likeness (QED) is 0.800. The van der Waals surface area contributed by atoms with Gasteiger partial charge < -0.3 is 10.1 Å². The number of hydrogen-bond acceptors (Lipinski definition) is 2. The molecule has 3 rings (SSSR count). The first-order valence-corrected chi connectivity index (χ1v) is 6.90. The van der Waals surface area contributed by atoms with Gasteiger partial charge in [-0.15, -0.1) is 0 Å². The molecule has 100 valence electrons. The van der Waals surface area contributed by atoms with Crippen molar-refractivity contribution in [3.63, 3.8) is 0 Å². The first-order valence-electron chi connectivity index (χ1n) is 6.52. The standard InChI is InChI=1S/C15H16ClNO2/c1-2-11-12-7-10(16)5-3-4-6-13(12)15(8-19-9-15)17-14(11)18/h3-7,11H,2,8-9H2,1H3,(H,17,18)/b4-3?,5-3+,6-4+,10-5?,10-7+,12-7?,13-6?. The third kappa shape index (κ3) is 1.97. The third-order valence-corrected chi connectivity index (χ3v) is 4.14. The van der Waals surface area contributed by atoms with E-state index in [0.717, 1.165) is 17.6 Å². The average molecular weight is 278 g/mol. The molecule has 1 atom stereocenters. The van der Waals surface area contributed by atoms with Gasteiger partial charge in [0.15, 0.2) is 0 Å². The van der Waals surface area contributed by atoms with Gasteiger partial charge in [0.05, 0.1) is 19.1 Å². The lowest BCUT2D eigenvalue weighted by atomic mass is 9.75. The van der Waals surface area contributed by atoms with Crippen LogP contribution in [-0.4, -0.2) is 24.7 Å². The molecule has 3 nitrogen and oxygen atoms in total. The summed E-state index contributed by atoms with van der Waals surface area (Å²) < 4.78 is 5.33. The molecule has 4 heteroatoms. The zero-order valence-electron chi connectivity index (χ0n) is 10.8. The van der Waals surface area contributed by atoms with Crippen LogP contribution in [0.3, 0.4) is 0 Å². The molecular weight excluding hydrogens is 262 g/mol. The number of allylic oxidation sites excluding steroid dienone is 5. The first kappa shape index (κ1) is 12.7. The number of hydrogen-bond donors (Lipinski definition) is 1. The van der Waals surface area contributed by atoms with Gasteiger partial charge in [-0.1, -0.05) is 36.8 Å². The molecule has 0 aromatic rings. The number of halogens is 1. The Morgan fingerprint density at radius 3 is 2.79 bits per heavy atom. The molecule has 1 spiro atoms. The number of rotatable bonds is 1. The Kier molecular flexibility index (Phi) is 3.11. The number of ether oxygens (including phenoxy) is 1. The van der Waals surface area contributed by atoms with Gasteiger partial charge in [-0.05, 0) is 29.7 Å². The Morgan fingerprint density at radius 1 is 1.42 bits per heavy atom. The molecule has 1 unspecified atom stereocenters. The fraction of sp³-hybridized carbons (Fsp3) is 0.400. The summed E-state index contributed by atoms with van der Waals surface area (Å²) in [6.07, 6.45) is 10.5. The van der Waals surface area contributed by atoms with Crippen molar-refractivity contribution in [3.05, 3.63) is 46.6 Å². The summed E-state index contributed by atoms with van der Waals surface area (Å²) in [5.41, 5.74) is 1.81. The van der Waals surface area contributed by atoms with E-state index in [9.17, 15) is 4.79 Å². The SMILES string of the molecule is CCC1C(=O)NC2(COC2)C2=C1\C=C(Cl)/C=C/C=C/2. The van der Waals surface area contributed by atoms with Gasteiger partial charge in [0.1, 0.15) is 5.54 Å². The summed E-state index contributed by atoms with van der Waals surface area (Å²) in [5.74, 6) is -0.0608. The van der Waals surface area contributed by atoms with Gasteiger partial charge in [-0.2, -0.15) is 0 Å². The van der Waals surface area contributed by atoms with Crippen molar-refractivity contribution in [2.45, 2.75) is 18.9 Å². The minimum absolute atomic E-state index is 0.0724. The highest BCUT2D eigenvalue weighted by Gasteiger charge is 2.48. The van der Waals surface area contributed by atoms with Crippen LogP contribution in [0.2, 0.25) is 0 Å². The molecule has 1 saturated heterocycles. The van der Waals surface area contributed by atoms with E-state index in [0.29, 0.717) is 18.2 Å². The lowest BCUT2D eigenvalue weighted by molar-refractivity contribution is -0.134. The zero-order chi connectivity index (χ0) is 13.5. The fourth-order valence-electron chi connectivity index (χ4n) is 2.86. The maximum Gasteiger partial charge on any atom is 0.228 e. The molecule has 0 aromatic heterocycles. The highest BCUT2D eigenvalue weighted by atomic mass is 35.5. The van der Waals surface area contributed by atoms with Crippen molar-refractivity contribution < 1.29 is 9.53 Å². The molecule has 1 amide bonds. The van der Waals surface area contributed by atoms with Crippen molar-refractivity contribution >= 4 is 17.5 Å². The van der Waals surface area contributed by atoms with Crippen molar-refractivity contribution in [2.24, 2.45) is 5.92 Å². The number of carbonyl (C=O) groups excluding carboxylic acids is 1. The van der Waals surface area contributed by atoms with Crippen LogP contribution in [0, 0.1) is 5.92 Å². The predicted octanol–water partition coefficient (Wildman–Crippen LogP) is 2.46. The second kappa shape index (κ2) is 4.66.